The van der Waals surface area contributed by atoms with E-state index in [-0.39, 0.29) is 5.84 Å². The van der Waals surface area contributed by atoms with Crippen molar-refractivity contribution in [3.8, 4) is 0 Å². The molecule has 92 valence electrons. The molecule has 0 saturated carbocycles. The van der Waals surface area contributed by atoms with Gasteiger partial charge in [0.05, 0.1) is 0 Å². The van der Waals surface area contributed by atoms with Crippen molar-refractivity contribution < 1.29 is 0 Å². The van der Waals surface area contributed by atoms with Crippen LogP contribution in [0.25, 0.3) is 0 Å². The van der Waals surface area contributed by atoms with E-state index in [0.29, 0.717) is 17.5 Å². The van der Waals surface area contributed by atoms with Crippen LogP contribution in [0, 0.1) is 11.3 Å². The molecule has 0 aromatic carbocycles. The third-order valence-electron chi connectivity index (χ3n) is 3.42. The van der Waals surface area contributed by atoms with Crippen LogP contribution >= 0.6 is 0 Å². The Labute approximate surface area is 102 Å². The normalized spacial score (nSPS) is 19.9. The number of nitrogens with zero attached hydrogens (tertiary/aromatic N) is 2. The molecule has 2 rings (SSSR count). The molecule has 1 aromatic heterocycles. The summed E-state index contributed by atoms with van der Waals surface area (Å²) in [4.78, 5) is 6.79. The summed E-state index contributed by atoms with van der Waals surface area (Å²) in [5.74, 6) is 1.73. The fraction of sp³-hybridized carbons (Fsp3) is 0.538. The second kappa shape index (κ2) is 4.73. The summed E-state index contributed by atoms with van der Waals surface area (Å²) in [7, 11) is 0. The Kier molecular flexibility index (Phi) is 3.31. The Balaban J connectivity index is 2.19. The lowest BCUT2D eigenvalue weighted by atomic mass is 10.0. The van der Waals surface area contributed by atoms with Gasteiger partial charge < -0.3 is 10.6 Å². The number of hydrogen-bond acceptors (Lipinski definition) is 3. The van der Waals surface area contributed by atoms with Gasteiger partial charge in [-0.2, -0.15) is 0 Å². The van der Waals surface area contributed by atoms with Crippen LogP contribution in [-0.2, 0) is 0 Å². The first-order chi connectivity index (χ1) is 8.09. The average Bonchev–Trinajstić information content (AvgIpc) is 2.78. The molecule has 1 unspecified atom stereocenters. The number of nitrogens with two attached hydrogens (primary N) is 1. The lowest BCUT2D eigenvalue weighted by Crippen LogP contribution is -2.33. The van der Waals surface area contributed by atoms with Crippen molar-refractivity contribution >= 4 is 11.7 Å². The molecular weight excluding hydrogens is 212 g/mol. The molecular formula is C13H20N4. The lowest BCUT2D eigenvalue weighted by molar-refractivity contribution is 0.489. The Morgan fingerprint density at radius 3 is 2.82 bits per heavy atom. The maximum Gasteiger partial charge on any atom is 0.128 e. The van der Waals surface area contributed by atoms with Crippen LogP contribution in [0.2, 0.25) is 0 Å². The van der Waals surface area contributed by atoms with E-state index in [1.165, 1.54) is 12.8 Å². The Morgan fingerprint density at radius 2 is 2.29 bits per heavy atom. The maximum atomic E-state index is 7.35. The minimum absolute atomic E-state index is 0.0749. The molecule has 4 heteroatoms. The van der Waals surface area contributed by atoms with Gasteiger partial charge in [0.2, 0.25) is 0 Å². The van der Waals surface area contributed by atoms with Gasteiger partial charge in [-0.15, -0.1) is 0 Å². The first-order valence-corrected chi connectivity index (χ1v) is 6.16. The Morgan fingerprint density at radius 1 is 1.53 bits per heavy atom. The van der Waals surface area contributed by atoms with Crippen molar-refractivity contribution in [3.05, 3.63) is 23.9 Å². The van der Waals surface area contributed by atoms with Crippen molar-refractivity contribution in [1.82, 2.24) is 4.98 Å². The molecule has 1 fully saturated rings. The zero-order chi connectivity index (χ0) is 12.4. The molecule has 0 aliphatic carbocycles. The Hall–Kier alpha value is -1.58. The number of pyridine rings is 1. The number of anilines is 1. The summed E-state index contributed by atoms with van der Waals surface area (Å²) < 4.78 is 0. The number of hydrogen-bond donors (Lipinski definition) is 2. The second-order valence-corrected chi connectivity index (χ2v) is 4.97. The fourth-order valence-electron chi connectivity index (χ4n) is 2.49. The predicted molar refractivity (Wildman–Crippen MR) is 70.5 cm³/mol. The maximum absolute atomic E-state index is 7.35. The number of nitrogen functional groups attached to an aromatic ring is 1. The van der Waals surface area contributed by atoms with E-state index < -0.39 is 0 Å². The molecule has 1 aromatic rings. The molecule has 0 amide bonds. The molecule has 1 atom stereocenters. The van der Waals surface area contributed by atoms with Gasteiger partial charge >= 0.3 is 0 Å². The smallest absolute Gasteiger partial charge is 0.128 e. The van der Waals surface area contributed by atoms with Gasteiger partial charge in [0, 0.05) is 24.3 Å². The van der Waals surface area contributed by atoms with E-state index in [1.54, 1.807) is 6.20 Å². The largest absolute Gasteiger partial charge is 0.384 e. The fourth-order valence-corrected chi connectivity index (χ4v) is 2.49. The van der Waals surface area contributed by atoms with E-state index in [0.717, 1.165) is 12.4 Å². The highest BCUT2D eigenvalue weighted by Crippen LogP contribution is 2.28. The van der Waals surface area contributed by atoms with E-state index in [4.69, 9.17) is 11.1 Å². The van der Waals surface area contributed by atoms with E-state index in [9.17, 15) is 0 Å². The average molecular weight is 232 g/mol. The molecule has 2 heterocycles. The summed E-state index contributed by atoms with van der Waals surface area (Å²) in [6.45, 7) is 5.59. The van der Waals surface area contributed by atoms with Gasteiger partial charge in [0.15, 0.2) is 0 Å². The van der Waals surface area contributed by atoms with Crippen LogP contribution in [-0.4, -0.2) is 23.4 Å². The number of nitrogens with one attached hydrogen (secondary N) is 1. The highest BCUT2D eigenvalue weighted by molar-refractivity contribution is 5.94. The van der Waals surface area contributed by atoms with Gasteiger partial charge in [0.25, 0.3) is 0 Å². The quantitative estimate of drug-likeness (QED) is 0.618. The monoisotopic (exact) mass is 232 g/mol. The molecule has 0 spiro atoms. The van der Waals surface area contributed by atoms with Crippen molar-refractivity contribution in [2.24, 2.45) is 11.7 Å². The highest BCUT2D eigenvalue weighted by Gasteiger charge is 2.27. The second-order valence-electron chi connectivity index (χ2n) is 4.97. The molecule has 1 saturated heterocycles. The summed E-state index contributed by atoms with van der Waals surface area (Å²) >= 11 is 0. The number of amidine groups is 1. The zero-order valence-corrected chi connectivity index (χ0v) is 10.5. The molecule has 0 radical (unpaired) electrons. The predicted octanol–water partition coefficient (Wildman–Crippen LogP) is 1.99. The summed E-state index contributed by atoms with van der Waals surface area (Å²) in [5, 5.41) is 7.35. The van der Waals surface area contributed by atoms with Crippen molar-refractivity contribution in [2.45, 2.75) is 32.7 Å². The minimum Gasteiger partial charge on any atom is -0.384 e. The standard InChI is InChI=1S/C13H20N4/c1-9(2)11-4-3-7-17(11)12-6-5-10(8-16-12)13(14)15/h5-6,8-9,11H,3-4,7H2,1-2H3,(H3,14,15). The first-order valence-electron chi connectivity index (χ1n) is 6.16. The Bertz CT molecular complexity index is 396. The molecule has 4 nitrogen and oxygen atoms in total. The van der Waals surface area contributed by atoms with Gasteiger partial charge in [0.1, 0.15) is 11.7 Å². The molecule has 1 aliphatic heterocycles. The van der Waals surface area contributed by atoms with Crippen LogP contribution in [0.15, 0.2) is 18.3 Å². The minimum atomic E-state index is 0.0749. The van der Waals surface area contributed by atoms with Crippen LogP contribution in [0.4, 0.5) is 5.82 Å². The van der Waals surface area contributed by atoms with Crippen LogP contribution in [0.3, 0.4) is 0 Å². The third kappa shape index (κ3) is 2.40. The summed E-state index contributed by atoms with van der Waals surface area (Å²) in [6, 6.07) is 4.43. The highest BCUT2D eigenvalue weighted by atomic mass is 15.2. The van der Waals surface area contributed by atoms with Crippen molar-refractivity contribution in [3.63, 3.8) is 0 Å². The summed E-state index contributed by atoms with van der Waals surface area (Å²) in [6.07, 6.45) is 4.17. The van der Waals surface area contributed by atoms with E-state index in [1.807, 2.05) is 12.1 Å². The molecule has 1 aliphatic rings. The van der Waals surface area contributed by atoms with Gasteiger partial charge in [-0.3, -0.25) is 5.41 Å². The van der Waals surface area contributed by atoms with E-state index >= 15 is 0 Å². The SMILES string of the molecule is CC(C)C1CCCN1c1ccc(C(=N)N)cn1. The van der Waals surface area contributed by atoms with Gasteiger partial charge in [-0.1, -0.05) is 13.8 Å². The molecule has 0 bridgehead atoms. The van der Waals surface area contributed by atoms with Crippen molar-refractivity contribution in [2.75, 3.05) is 11.4 Å². The number of aromatic nitrogens is 1. The van der Waals surface area contributed by atoms with Crippen LogP contribution in [0.1, 0.15) is 32.3 Å². The first kappa shape index (κ1) is 11.9. The van der Waals surface area contributed by atoms with E-state index in [2.05, 4.69) is 23.7 Å². The summed E-state index contributed by atoms with van der Waals surface area (Å²) in [5.41, 5.74) is 6.11. The van der Waals surface area contributed by atoms with Gasteiger partial charge in [-0.25, -0.2) is 4.98 Å². The zero-order valence-electron chi connectivity index (χ0n) is 10.5. The van der Waals surface area contributed by atoms with Gasteiger partial charge in [-0.05, 0) is 30.9 Å². The molecule has 17 heavy (non-hydrogen) atoms. The third-order valence-corrected chi connectivity index (χ3v) is 3.42. The topological polar surface area (TPSA) is 66.0 Å². The lowest BCUT2D eigenvalue weighted by Gasteiger charge is -2.28. The number of rotatable bonds is 3. The van der Waals surface area contributed by atoms with Crippen LogP contribution in [0.5, 0.6) is 0 Å². The van der Waals surface area contributed by atoms with Crippen LogP contribution < -0.4 is 10.6 Å². The van der Waals surface area contributed by atoms with Crippen molar-refractivity contribution in [1.29, 1.82) is 5.41 Å². The molecule has 3 N–H and O–H groups in total.